The molecule has 0 saturated heterocycles. The van der Waals surface area contributed by atoms with Crippen molar-refractivity contribution in [2.24, 2.45) is 0 Å². The molecule has 0 aliphatic rings. The number of anilines is 1. The van der Waals surface area contributed by atoms with E-state index in [1.165, 1.54) is 26.4 Å². The molecule has 180 valence electrons. The first-order valence-corrected chi connectivity index (χ1v) is 12.3. The zero-order valence-electron chi connectivity index (χ0n) is 19.8. The molecule has 0 fully saturated rings. The Hall–Kier alpha value is -3.52. The summed E-state index contributed by atoms with van der Waals surface area (Å²) in [7, 11) is -1.14. The Morgan fingerprint density at radius 3 is 2.26 bits per heavy atom. The number of aryl methyl sites for hydroxylation is 1. The van der Waals surface area contributed by atoms with Gasteiger partial charge in [-0.15, -0.1) is 0 Å². The highest BCUT2D eigenvalue weighted by Crippen LogP contribution is 2.35. The summed E-state index contributed by atoms with van der Waals surface area (Å²) in [6.07, 6.45) is 0. The highest BCUT2D eigenvalue weighted by Gasteiger charge is 2.30. The van der Waals surface area contributed by atoms with Gasteiger partial charge in [-0.2, -0.15) is 0 Å². The molecule has 0 aliphatic carbocycles. The van der Waals surface area contributed by atoms with Gasteiger partial charge < -0.3 is 14.8 Å². The van der Waals surface area contributed by atoms with E-state index in [1.54, 1.807) is 30.3 Å². The normalized spacial score (nSPS) is 12.0. The summed E-state index contributed by atoms with van der Waals surface area (Å²) in [6, 6.07) is 21.1. The van der Waals surface area contributed by atoms with Crippen LogP contribution in [0.25, 0.3) is 0 Å². The molecule has 0 radical (unpaired) electrons. The summed E-state index contributed by atoms with van der Waals surface area (Å²) < 4.78 is 39.1. The van der Waals surface area contributed by atoms with Crippen LogP contribution in [-0.4, -0.2) is 41.6 Å². The fraction of sp³-hybridized carbons (Fsp3) is 0.269. The first-order chi connectivity index (χ1) is 16.3. The quantitative estimate of drug-likeness (QED) is 0.470. The number of rotatable bonds is 10. The van der Waals surface area contributed by atoms with Gasteiger partial charge in [0.25, 0.3) is 10.0 Å². The topological polar surface area (TPSA) is 84.9 Å². The number of carbonyl (C=O) groups excluding carboxylic acids is 1. The first kappa shape index (κ1) is 25.1. The van der Waals surface area contributed by atoms with E-state index < -0.39 is 22.5 Å². The van der Waals surface area contributed by atoms with Crippen LogP contribution >= 0.6 is 0 Å². The zero-order chi connectivity index (χ0) is 24.7. The van der Waals surface area contributed by atoms with Crippen LogP contribution in [0.5, 0.6) is 11.5 Å². The third-order valence-electron chi connectivity index (χ3n) is 5.52. The third kappa shape index (κ3) is 5.88. The maximum Gasteiger partial charge on any atom is 0.264 e. The highest BCUT2D eigenvalue weighted by atomic mass is 32.2. The predicted molar refractivity (Wildman–Crippen MR) is 133 cm³/mol. The van der Waals surface area contributed by atoms with Crippen LogP contribution in [0, 0.1) is 6.92 Å². The Kier molecular flexibility index (Phi) is 8.17. The van der Waals surface area contributed by atoms with Crippen LogP contribution in [0.3, 0.4) is 0 Å². The molecule has 3 aromatic rings. The second kappa shape index (κ2) is 11.1. The van der Waals surface area contributed by atoms with Crippen LogP contribution in [-0.2, 0) is 14.8 Å². The smallest absolute Gasteiger partial charge is 0.264 e. The van der Waals surface area contributed by atoms with E-state index in [0.29, 0.717) is 18.0 Å². The van der Waals surface area contributed by atoms with Crippen molar-refractivity contribution in [3.63, 3.8) is 0 Å². The molecule has 7 nitrogen and oxygen atoms in total. The zero-order valence-corrected chi connectivity index (χ0v) is 20.6. The molecule has 0 aliphatic heterocycles. The van der Waals surface area contributed by atoms with Gasteiger partial charge in [0.05, 0.1) is 24.8 Å². The largest absolute Gasteiger partial charge is 0.497 e. The first-order valence-electron chi connectivity index (χ1n) is 10.9. The van der Waals surface area contributed by atoms with Crippen LogP contribution in [0.15, 0.2) is 77.7 Å². The maximum absolute atomic E-state index is 13.7. The molecule has 34 heavy (non-hydrogen) atoms. The monoisotopic (exact) mass is 482 g/mol. The van der Waals surface area contributed by atoms with Crippen LogP contribution in [0.2, 0.25) is 0 Å². The average Bonchev–Trinajstić information content (AvgIpc) is 2.86. The van der Waals surface area contributed by atoms with E-state index in [9.17, 15) is 13.2 Å². The van der Waals surface area contributed by atoms with Gasteiger partial charge in [-0.05, 0) is 42.7 Å². The van der Waals surface area contributed by atoms with Gasteiger partial charge in [0.15, 0.2) is 0 Å². The van der Waals surface area contributed by atoms with E-state index in [1.807, 2.05) is 44.2 Å². The van der Waals surface area contributed by atoms with E-state index in [2.05, 4.69) is 5.32 Å². The van der Waals surface area contributed by atoms with E-state index >= 15 is 0 Å². The molecule has 0 aromatic heterocycles. The summed E-state index contributed by atoms with van der Waals surface area (Å²) in [4.78, 5) is 13.0. The summed E-state index contributed by atoms with van der Waals surface area (Å²) >= 11 is 0. The SMILES string of the molecule is COc1ccc(OC)c(N(CC(=O)NC[C@@H](C)c2ccccc2)S(=O)(=O)c2ccc(C)cc2)c1. The fourth-order valence-corrected chi connectivity index (χ4v) is 4.90. The standard InChI is InChI=1S/C26H30N2O5S/c1-19-10-13-23(14-11-19)34(30,31)28(24-16-22(32-3)12-15-25(24)33-4)18-26(29)27-17-20(2)21-8-6-5-7-9-21/h5-16,20H,17-18H2,1-4H3,(H,27,29)/t20-/m1/s1. The van der Waals surface area contributed by atoms with Crippen LogP contribution in [0.1, 0.15) is 24.0 Å². The van der Waals surface area contributed by atoms with Gasteiger partial charge in [0, 0.05) is 12.6 Å². The number of carbonyl (C=O) groups is 1. The summed E-state index contributed by atoms with van der Waals surface area (Å²) in [5.74, 6) is 0.391. The predicted octanol–water partition coefficient (Wildman–Crippen LogP) is 4.13. The molecule has 0 heterocycles. The molecule has 8 heteroatoms. The Labute approximate surface area is 201 Å². The van der Waals surface area contributed by atoms with Gasteiger partial charge in [-0.3, -0.25) is 9.10 Å². The number of sulfonamides is 1. The average molecular weight is 483 g/mol. The molecule has 0 spiro atoms. The van der Waals surface area contributed by atoms with Gasteiger partial charge in [-0.25, -0.2) is 8.42 Å². The van der Waals surface area contributed by atoms with Gasteiger partial charge >= 0.3 is 0 Å². The van der Waals surface area contributed by atoms with Crippen LogP contribution in [0.4, 0.5) is 5.69 Å². The van der Waals surface area contributed by atoms with Gasteiger partial charge in [0.1, 0.15) is 18.0 Å². The number of benzene rings is 3. The molecule has 1 atom stereocenters. The number of nitrogens with zero attached hydrogens (tertiary/aromatic N) is 1. The lowest BCUT2D eigenvalue weighted by atomic mass is 10.0. The van der Waals surface area contributed by atoms with Gasteiger partial charge in [0.2, 0.25) is 5.91 Å². The Balaban J connectivity index is 1.92. The van der Waals surface area contributed by atoms with Crippen molar-refractivity contribution in [3.05, 3.63) is 83.9 Å². The van der Waals surface area contributed by atoms with Crippen LogP contribution < -0.4 is 19.1 Å². The van der Waals surface area contributed by atoms with Crippen molar-refractivity contribution in [2.45, 2.75) is 24.7 Å². The molecule has 0 bridgehead atoms. The lowest BCUT2D eigenvalue weighted by Crippen LogP contribution is -2.42. The Morgan fingerprint density at radius 2 is 1.65 bits per heavy atom. The minimum atomic E-state index is -4.08. The molecular formula is C26H30N2O5S. The molecule has 0 saturated carbocycles. The highest BCUT2D eigenvalue weighted by molar-refractivity contribution is 7.92. The minimum absolute atomic E-state index is 0.0682. The number of nitrogens with one attached hydrogen (secondary N) is 1. The molecule has 3 rings (SSSR count). The molecule has 1 amide bonds. The number of hydrogen-bond acceptors (Lipinski definition) is 5. The molecular weight excluding hydrogens is 452 g/mol. The molecule has 0 unspecified atom stereocenters. The van der Waals surface area contributed by atoms with E-state index in [0.717, 1.165) is 15.4 Å². The number of methoxy groups -OCH3 is 2. The number of amides is 1. The third-order valence-corrected chi connectivity index (χ3v) is 7.30. The lowest BCUT2D eigenvalue weighted by Gasteiger charge is -2.26. The fourth-order valence-electron chi connectivity index (χ4n) is 3.48. The van der Waals surface area contributed by atoms with Crippen molar-refractivity contribution >= 4 is 21.6 Å². The maximum atomic E-state index is 13.7. The Morgan fingerprint density at radius 1 is 0.971 bits per heavy atom. The second-order valence-corrected chi connectivity index (χ2v) is 9.84. The van der Waals surface area contributed by atoms with Crippen molar-refractivity contribution in [3.8, 4) is 11.5 Å². The van der Waals surface area contributed by atoms with Crippen molar-refractivity contribution < 1.29 is 22.7 Å². The lowest BCUT2D eigenvalue weighted by molar-refractivity contribution is -0.119. The number of hydrogen-bond donors (Lipinski definition) is 1. The van der Waals surface area contributed by atoms with E-state index in [4.69, 9.17) is 9.47 Å². The van der Waals surface area contributed by atoms with Crippen molar-refractivity contribution in [1.29, 1.82) is 0 Å². The second-order valence-electron chi connectivity index (χ2n) is 7.98. The Bertz CT molecular complexity index is 1210. The summed E-state index contributed by atoms with van der Waals surface area (Å²) in [5.41, 5.74) is 2.23. The summed E-state index contributed by atoms with van der Waals surface area (Å²) in [6.45, 7) is 3.83. The number of ether oxygens (including phenoxy) is 2. The van der Waals surface area contributed by atoms with E-state index in [-0.39, 0.29) is 16.5 Å². The van der Waals surface area contributed by atoms with Crippen molar-refractivity contribution in [1.82, 2.24) is 5.32 Å². The van der Waals surface area contributed by atoms with Crippen molar-refractivity contribution in [2.75, 3.05) is 31.6 Å². The molecule has 1 N–H and O–H groups in total. The van der Waals surface area contributed by atoms with Gasteiger partial charge in [-0.1, -0.05) is 55.0 Å². The minimum Gasteiger partial charge on any atom is -0.497 e. The molecule has 3 aromatic carbocycles. The summed E-state index contributed by atoms with van der Waals surface area (Å²) in [5, 5.41) is 2.86.